The third-order valence-corrected chi connectivity index (χ3v) is 15.6. The number of benzene rings is 2. The van der Waals surface area contributed by atoms with Crippen molar-refractivity contribution in [1.29, 1.82) is 0 Å². The molecule has 19 nitrogen and oxygen atoms in total. The van der Waals surface area contributed by atoms with Crippen LogP contribution in [0.4, 0.5) is 13.2 Å². The number of alkyl halides is 3. The molecule has 392 valence electrons. The molecule has 6 aromatic rings. The summed E-state index contributed by atoms with van der Waals surface area (Å²) >= 11 is 0. The molecule has 1 saturated heterocycles. The molecule has 9 heterocycles. The van der Waals surface area contributed by atoms with Gasteiger partial charge in [0.05, 0.1) is 30.0 Å². The van der Waals surface area contributed by atoms with Crippen LogP contribution in [-0.4, -0.2) is 110 Å². The maximum atomic E-state index is 12.8. The van der Waals surface area contributed by atoms with Gasteiger partial charge < -0.3 is 37.3 Å². The molecule has 0 N–H and O–H groups in total. The lowest BCUT2D eigenvalue weighted by Crippen LogP contribution is -2.47. The predicted molar refractivity (Wildman–Crippen MR) is 263 cm³/mol. The number of aromatic nitrogens is 6. The fourth-order valence-corrected chi connectivity index (χ4v) is 10.1. The van der Waals surface area contributed by atoms with Crippen molar-refractivity contribution in [2.24, 2.45) is 5.41 Å². The van der Waals surface area contributed by atoms with Crippen LogP contribution in [0.3, 0.4) is 0 Å². The minimum atomic E-state index is -5.80. The highest BCUT2D eigenvalue weighted by molar-refractivity contribution is 7.88. The van der Waals surface area contributed by atoms with Gasteiger partial charge in [0.15, 0.2) is 23.7 Å². The topological polar surface area (TPSA) is 221 Å². The highest BCUT2D eigenvalue weighted by Gasteiger charge is 2.48. The van der Waals surface area contributed by atoms with E-state index in [9.17, 15) is 35.4 Å². The Morgan fingerprint density at radius 1 is 0.760 bits per heavy atom. The highest BCUT2D eigenvalue weighted by Crippen LogP contribution is 2.37. The predicted octanol–water partition coefficient (Wildman–Crippen LogP) is 5.30. The Hall–Kier alpha value is -7.49. The molecule has 0 saturated carbocycles. The van der Waals surface area contributed by atoms with Crippen LogP contribution in [0, 0.1) is 17.3 Å². The third kappa shape index (κ3) is 11.2. The molecule has 2 aromatic carbocycles. The van der Waals surface area contributed by atoms with Crippen molar-refractivity contribution in [1.82, 2.24) is 29.1 Å². The van der Waals surface area contributed by atoms with Crippen molar-refractivity contribution in [3.05, 3.63) is 123 Å². The van der Waals surface area contributed by atoms with Crippen molar-refractivity contribution in [2.75, 3.05) is 45.4 Å². The van der Waals surface area contributed by atoms with Gasteiger partial charge in [0.2, 0.25) is 11.8 Å². The molecular weight excluding hydrogens is 1030 g/mol. The van der Waals surface area contributed by atoms with Crippen LogP contribution >= 0.6 is 0 Å². The van der Waals surface area contributed by atoms with E-state index in [-0.39, 0.29) is 66.5 Å². The second kappa shape index (κ2) is 20.3. The Balaban J connectivity index is 0.000000173. The maximum Gasteiger partial charge on any atom is 0.534 e. The van der Waals surface area contributed by atoms with Crippen molar-refractivity contribution in [3.63, 3.8) is 0 Å². The number of rotatable bonds is 10. The van der Waals surface area contributed by atoms with Gasteiger partial charge in [0, 0.05) is 75.6 Å². The number of fused-ring (bicyclic) bond motifs is 8. The Bertz CT molecular complexity index is 3520. The number of aryl methyl sites for hydroxylation is 2. The molecule has 5 aliphatic heterocycles. The van der Waals surface area contributed by atoms with Crippen LogP contribution in [0.5, 0.6) is 40.8 Å². The number of halogens is 3. The van der Waals surface area contributed by atoms with E-state index in [2.05, 4.69) is 42.0 Å². The molecule has 1 fully saturated rings. The lowest BCUT2D eigenvalue weighted by molar-refractivity contribution is -0.0624. The zero-order valence-corrected chi connectivity index (χ0v) is 42.1. The highest BCUT2D eigenvalue weighted by atomic mass is 32.2. The molecule has 0 spiro atoms. The van der Waals surface area contributed by atoms with Crippen molar-refractivity contribution in [2.45, 2.75) is 69.2 Å². The summed E-state index contributed by atoms with van der Waals surface area (Å²) in [7, 11) is -6.81. The average Bonchev–Trinajstić information content (AvgIpc) is 3.37. The Labute approximate surface area is 429 Å². The summed E-state index contributed by atoms with van der Waals surface area (Å²) < 4.78 is 120. The Kier molecular flexibility index (Phi) is 13.8. The van der Waals surface area contributed by atoms with Crippen LogP contribution in [0.2, 0.25) is 0 Å². The number of hydrogen-bond acceptors (Lipinski definition) is 17. The molecule has 3 unspecified atom stereocenters. The van der Waals surface area contributed by atoms with Gasteiger partial charge in [-0.05, 0) is 99.3 Å². The van der Waals surface area contributed by atoms with Gasteiger partial charge in [-0.2, -0.15) is 31.6 Å². The SMILES string of the molecule is CC(C)(C)S(=O)CC1(C#Cc2ccc3c(c2)CCn2c-3cc(OCC3COc4ncccc4O3)nc2=O)COC1.O=c1nc(OCC2COc3ncccc3O2)cc2n1CCc1cc(OS(=O)(=O)C(F)(F)F)ccc1-2. The van der Waals surface area contributed by atoms with Gasteiger partial charge in [-0.15, -0.1) is 0 Å². The maximum absolute atomic E-state index is 12.8. The zero-order chi connectivity index (χ0) is 52.7. The second-order valence-corrected chi connectivity index (χ2v) is 22.7. The van der Waals surface area contributed by atoms with Crippen LogP contribution < -0.4 is 44.0 Å². The lowest BCUT2D eigenvalue weighted by Gasteiger charge is -2.38. The molecule has 0 amide bonds. The number of hydrogen-bond donors (Lipinski definition) is 0. The first kappa shape index (κ1) is 51.0. The average molecular weight is 1070 g/mol. The summed E-state index contributed by atoms with van der Waals surface area (Å²) in [6.07, 6.45) is 3.35. The summed E-state index contributed by atoms with van der Waals surface area (Å²) in [4.78, 5) is 41.6. The zero-order valence-electron chi connectivity index (χ0n) is 40.5. The third-order valence-electron chi connectivity index (χ3n) is 12.4. The van der Waals surface area contributed by atoms with E-state index < -0.39 is 44.0 Å². The summed E-state index contributed by atoms with van der Waals surface area (Å²) in [6, 6.07) is 20.0. The lowest BCUT2D eigenvalue weighted by atomic mass is 9.88. The van der Waals surface area contributed by atoms with Gasteiger partial charge in [-0.1, -0.05) is 17.9 Å². The molecule has 11 rings (SSSR count). The molecule has 0 aliphatic carbocycles. The van der Waals surface area contributed by atoms with E-state index >= 15 is 0 Å². The van der Waals surface area contributed by atoms with Crippen LogP contribution in [0.15, 0.2) is 94.8 Å². The van der Waals surface area contributed by atoms with Crippen molar-refractivity contribution in [3.8, 4) is 75.1 Å². The molecule has 75 heavy (non-hydrogen) atoms. The van der Waals surface area contributed by atoms with Crippen LogP contribution in [0.25, 0.3) is 22.5 Å². The summed E-state index contributed by atoms with van der Waals surface area (Å²) in [5.41, 5.74) is -1.71. The van der Waals surface area contributed by atoms with Crippen LogP contribution in [-0.2, 0) is 51.6 Å². The Morgan fingerprint density at radius 2 is 1.29 bits per heavy atom. The molecule has 4 aromatic heterocycles. The minimum absolute atomic E-state index is 0.0228. The summed E-state index contributed by atoms with van der Waals surface area (Å²) in [5, 5.41) is 0. The smallest absolute Gasteiger partial charge is 0.478 e. The van der Waals surface area contributed by atoms with Gasteiger partial charge in [-0.3, -0.25) is 13.3 Å². The van der Waals surface area contributed by atoms with E-state index in [0.29, 0.717) is 78.6 Å². The van der Waals surface area contributed by atoms with Gasteiger partial charge in [-0.25, -0.2) is 19.6 Å². The fourth-order valence-electron chi connectivity index (χ4n) is 8.49. The normalized spacial score (nSPS) is 18.1. The standard InChI is InChI=1S/C30H31N3O6S.C21H16F3N3O7S/c1-29(2,3)40(35)19-30(17-36-18-30)10-8-20-6-7-23-21(13-20)9-12-33-24(23)14-26(32-28(33)34)37-15-22-16-38-27-25(39-22)5-4-11-31-27;22-21(23,24)35(29,30)34-13-3-4-15-12(8-13)5-7-27-16(15)9-18(26-20(27)28)31-10-14-11-32-19-17(33-14)2-1-6-25-19/h4-7,11,13-14,22H,9,12,15-19H2,1-3H3;1-4,6,8-9,14H,5,7,10-11H2. The minimum Gasteiger partial charge on any atom is -0.478 e. The van der Waals surface area contributed by atoms with E-state index in [1.165, 1.54) is 22.8 Å². The number of ether oxygens (including phenoxy) is 7. The summed E-state index contributed by atoms with van der Waals surface area (Å²) in [5.74, 6) is 8.82. The fraction of sp³-hybridized carbons (Fsp3) is 0.373. The second-order valence-electron chi connectivity index (χ2n) is 19.0. The van der Waals surface area contributed by atoms with Gasteiger partial charge in [0.25, 0.3) is 11.8 Å². The molecule has 3 atom stereocenters. The molecule has 5 aliphatic rings. The number of nitrogens with zero attached hydrogens (tertiary/aromatic N) is 6. The molecule has 24 heteroatoms. The quantitative estimate of drug-likeness (QED) is 0.0965. The first-order chi connectivity index (χ1) is 35.8. The Morgan fingerprint density at radius 3 is 1.80 bits per heavy atom. The molecular formula is C51H47F3N6O13S2. The molecule has 0 bridgehead atoms. The number of pyridine rings is 2. The van der Waals surface area contributed by atoms with E-state index in [0.717, 1.165) is 28.5 Å². The first-order valence-corrected chi connectivity index (χ1v) is 26.3. The van der Waals surface area contributed by atoms with E-state index in [1.54, 1.807) is 47.3 Å². The van der Waals surface area contributed by atoms with Crippen LogP contribution in [0.1, 0.15) is 37.5 Å². The van der Waals surface area contributed by atoms with Gasteiger partial charge in [0.1, 0.15) is 32.2 Å². The monoisotopic (exact) mass is 1070 g/mol. The summed E-state index contributed by atoms with van der Waals surface area (Å²) in [6.45, 7) is 8.34. The van der Waals surface area contributed by atoms with Crippen molar-refractivity contribution < 1.29 is 63.1 Å². The van der Waals surface area contributed by atoms with E-state index in [1.807, 2.05) is 32.9 Å². The van der Waals surface area contributed by atoms with Gasteiger partial charge >= 0.3 is 27.0 Å². The van der Waals surface area contributed by atoms with Crippen molar-refractivity contribution >= 4 is 20.9 Å². The molecule has 0 radical (unpaired) electrons. The largest absolute Gasteiger partial charge is 0.534 e. The van der Waals surface area contributed by atoms with E-state index in [4.69, 9.17) is 33.2 Å². The first-order valence-electron chi connectivity index (χ1n) is 23.5.